The van der Waals surface area contributed by atoms with Crippen LogP contribution in [0.5, 0.6) is 11.5 Å². The van der Waals surface area contributed by atoms with Crippen molar-refractivity contribution in [1.29, 1.82) is 0 Å². The zero-order valence-corrected chi connectivity index (χ0v) is 14.9. The molecule has 0 unspecified atom stereocenters. The van der Waals surface area contributed by atoms with Crippen molar-refractivity contribution in [3.8, 4) is 11.5 Å². The Labute approximate surface area is 155 Å². The Kier molecular flexibility index (Phi) is 7.12. The molecule has 0 bridgehead atoms. The van der Waals surface area contributed by atoms with Crippen molar-refractivity contribution in [2.24, 2.45) is 5.10 Å². The average molecular weight is 373 g/mol. The molecule has 9 nitrogen and oxygen atoms in total. The van der Waals surface area contributed by atoms with E-state index in [0.717, 1.165) is 0 Å². The quantitative estimate of drug-likeness (QED) is 0.311. The fourth-order valence-corrected chi connectivity index (χ4v) is 2.06. The predicted molar refractivity (Wildman–Crippen MR) is 99.4 cm³/mol. The van der Waals surface area contributed by atoms with E-state index in [4.69, 9.17) is 14.2 Å². The number of hydrazone groups is 1. The second kappa shape index (κ2) is 9.76. The van der Waals surface area contributed by atoms with Crippen LogP contribution in [0.15, 0.2) is 47.6 Å². The maximum atomic E-state index is 11.4. The number of nitro benzene ring substituents is 1. The van der Waals surface area contributed by atoms with Gasteiger partial charge in [-0.05, 0) is 42.8 Å². The second-order valence-electron chi connectivity index (χ2n) is 5.18. The first kappa shape index (κ1) is 19.7. The summed E-state index contributed by atoms with van der Waals surface area (Å²) in [4.78, 5) is 21.6. The Bertz CT molecular complexity index is 820. The van der Waals surface area contributed by atoms with E-state index in [9.17, 15) is 14.9 Å². The molecule has 0 atom stereocenters. The number of carbonyl (C=O) groups is 1. The number of esters is 1. The van der Waals surface area contributed by atoms with Gasteiger partial charge < -0.3 is 14.2 Å². The first-order valence-corrected chi connectivity index (χ1v) is 8.03. The minimum atomic E-state index is -0.474. The molecule has 2 aromatic rings. The molecule has 0 amide bonds. The third kappa shape index (κ3) is 5.99. The molecule has 2 rings (SSSR count). The lowest BCUT2D eigenvalue weighted by molar-refractivity contribution is -0.384. The summed E-state index contributed by atoms with van der Waals surface area (Å²) in [5.74, 6) is 0.378. The van der Waals surface area contributed by atoms with Crippen LogP contribution in [-0.4, -0.2) is 37.4 Å². The number of benzene rings is 2. The molecule has 0 fully saturated rings. The molecule has 27 heavy (non-hydrogen) atoms. The first-order chi connectivity index (χ1) is 13.0. The van der Waals surface area contributed by atoms with Gasteiger partial charge in [0.05, 0.1) is 30.5 Å². The number of hydrogen-bond donors (Lipinski definition) is 1. The van der Waals surface area contributed by atoms with Crippen LogP contribution in [0.25, 0.3) is 0 Å². The van der Waals surface area contributed by atoms with Crippen molar-refractivity contribution in [3.05, 3.63) is 58.1 Å². The van der Waals surface area contributed by atoms with Gasteiger partial charge in [0.25, 0.3) is 5.69 Å². The average Bonchev–Trinajstić information content (AvgIpc) is 2.67. The van der Waals surface area contributed by atoms with Gasteiger partial charge in [0.2, 0.25) is 0 Å². The van der Waals surface area contributed by atoms with Gasteiger partial charge in [0, 0.05) is 12.1 Å². The Morgan fingerprint density at radius 1 is 1.22 bits per heavy atom. The summed E-state index contributed by atoms with van der Waals surface area (Å²) in [6, 6.07) is 11.0. The van der Waals surface area contributed by atoms with E-state index in [1.807, 2.05) is 0 Å². The zero-order valence-electron chi connectivity index (χ0n) is 14.9. The number of nitrogens with one attached hydrogen (secondary N) is 1. The largest absolute Gasteiger partial charge is 0.493 e. The monoisotopic (exact) mass is 373 g/mol. The molecular formula is C18H19N3O6. The van der Waals surface area contributed by atoms with E-state index < -0.39 is 10.9 Å². The number of hydrogen-bond acceptors (Lipinski definition) is 8. The fourth-order valence-electron chi connectivity index (χ4n) is 2.06. The minimum absolute atomic E-state index is 0.00285. The van der Waals surface area contributed by atoms with Crippen LogP contribution in [0.4, 0.5) is 11.4 Å². The van der Waals surface area contributed by atoms with Gasteiger partial charge in [0.15, 0.2) is 18.1 Å². The van der Waals surface area contributed by atoms with Gasteiger partial charge >= 0.3 is 5.97 Å². The van der Waals surface area contributed by atoms with Crippen LogP contribution in [-0.2, 0) is 9.53 Å². The Morgan fingerprint density at radius 3 is 2.59 bits per heavy atom. The lowest BCUT2D eigenvalue weighted by atomic mass is 10.2. The highest BCUT2D eigenvalue weighted by Gasteiger charge is 2.09. The maximum Gasteiger partial charge on any atom is 0.344 e. The standard InChI is InChI=1S/C18H19N3O6/c1-3-26-18(22)12-27-17-10-13(4-9-16(17)25-2)11-19-20-14-5-7-15(8-6-14)21(23)24/h4-11,20H,3,12H2,1-2H3/b19-11+. The SMILES string of the molecule is CCOC(=O)COc1cc(/C=N/Nc2ccc([N+](=O)[O-])cc2)ccc1OC. The first-order valence-electron chi connectivity index (χ1n) is 8.03. The summed E-state index contributed by atoms with van der Waals surface area (Å²) in [6.07, 6.45) is 1.54. The molecule has 0 aromatic heterocycles. The van der Waals surface area contributed by atoms with Crippen LogP contribution in [0.2, 0.25) is 0 Å². The summed E-state index contributed by atoms with van der Waals surface area (Å²) in [5, 5.41) is 14.7. The van der Waals surface area contributed by atoms with E-state index >= 15 is 0 Å². The van der Waals surface area contributed by atoms with Crippen molar-refractivity contribution in [2.45, 2.75) is 6.92 Å². The van der Waals surface area contributed by atoms with Crippen LogP contribution in [0.1, 0.15) is 12.5 Å². The molecule has 0 saturated heterocycles. The maximum absolute atomic E-state index is 11.4. The molecule has 0 aliphatic heterocycles. The number of nitro groups is 1. The summed E-state index contributed by atoms with van der Waals surface area (Å²) < 4.78 is 15.5. The smallest absolute Gasteiger partial charge is 0.344 e. The molecule has 0 aliphatic carbocycles. The van der Waals surface area contributed by atoms with Crippen molar-refractivity contribution < 1.29 is 23.9 Å². The molecule has 0 spiro atoms. The second-order valence-corrected chi connectivity index (χ2v) is 5.18. The third-order valence-corrected chi connectivity index (χ3v) is 3.32. The highest BCUT2D eigenvalue weighted by atomic mass is 16.6. The van der Waals surface area contributed by atoms with Gasteiger partial charge in [-0.25, -0.2) is 4.79 Å². The molecule has 2 aromatic carbocycles. The number of ether oxygens (including phenoxy) is 3. The summed E-state index contributed by atoms with van der Waals surface area (Å²) >= 11 is 0. The fraction of sp³-hybridized carbons (Fsp3) is 0.222. The van der Waals surface area contributed by atoms with Crippen LogP contribution >= 0.6 is 0 Å². The van der Waals surface area contributed by atoms with Gasteiger partial charge in [0.1, 0.15) is 0 Å². The highest BCUT2D eigenvalue weighted by molar-refractivity contribution is 5.81. The molecular weight excluding hydrogens is 354 g/mol. The Hall–Kier alpha value is -3.62. The minimum Gasteiger partial charge on any atom is -0.493 e. The van der Waals surface area contributed by atoms with Gasteiger partial charge in [-0.1, -0.05) is 0 Å². The van der Waals surface area contributed by atoms with Crippen LogP contribution in [0.3, 0.4) is 0 Å². The number of carbonyl (C=O) groups excluding carboxylic acids is 1. The lowest BCUT2D eigenvalue weighted by Crippen LogP contribution is -2.15. The number of methoxy groups -OCH3 is 1. The van der Waals surface area contributed by atoms with E-state index in [2.05, 4.69) is 10.5 Å². The van der Waals surface area contributed by atoms with E-state index in [1.165, 1.54) is 25.5 Å². The molecule has 142 valence electrons. The summed E-state index contributed by atoms with van der Waals surface area (Å²) in [6.45, 7) is 1.76. The van der Waals surface area contributed by atoms with Crippen LogP contribution < -0.4 is 14.9 Å². The molecule has 9 heteroatoms. The molecule has 1 N–H and O–H groups in total. The lowest BCUT2D eigenvalue weighted by Gasteiger charge is -2.10. The number of rotatable bonds is 9. The summed E-state index contributed by atoms with van der Waals surface area (Å²) in [7, 11) is 1.50. The van der Waals surface area contributed by atoms with Crippen molar-refractivity contribution >= 4 is 23.6 Å². The van der Waals surface area contributed by atoms with Gasteiger partial charge in [-0.3, -0.25) is 15.5 Å². The third-order valence-electron chi connectivity index (χ3n) is 3.32. The van der Waals surface area contributed by atoms with E-state index in [0.29, 0.717) is 22.7 Å². The normalized spacial score (nSPS) is 10.4. The Morgan fingerprint density at radius 2 is 1.96 bits per heavy atom. The van der Waals surface area contributed by atoms with Gasteiger partial charge in [-0.15, -0.1) is 0 Å². The van der Waals surface area contributed by atoms with E-state index in [-0.39, 0.29) is 18.9 Å². The number of nitrogens with zero attached hydrogens (tertiary/aromatic N) is 2. The molecule has 0 heterocycles. The zero-order chi connectivity index (χ0) is 19.6. The molecule has 0 aliphatic rings. The molecule has 0 radical (unpaired) electrons. The predicted octanol–water partition coefficient (Wildman–Crippen LogP) is 2.99. The topological polar surface area (TPSA) is 112 Å². The van der Waals surface area contributed by atoms with Crippen LogP contribution in [0, 0.1) is 10.1 Å². The number of anilines is 1. The van der Waals surface area contributed by atoms with Crippen molar-refractivity contribution in [3.63, 3.8) is 0 Å². The van der Waals surface area contributed by atoms with Crippen molar-refractivity contribution in [1.82, 2.24) is 0 Å². The Balaban J connectivity index is 2.02. The highest BCUT2D eigenvalue weighted by Crippen LogP contribution is 2.27. The number of non-ortho nitro benzene ring substituents is 1. The summed E-state index contributed by atoms with van der Waals surface area (Å²) in [5.41, 5.74) is 4.08. The van der Waals surface area contributed by atoms with E-state index in [1.54, 1.807) is 37.3 Å². The molecule has 0 saturated carbocycles. The van der Waals surface area contributed by atoms with Gasteiger partial charge in [-0.2, -0.15) is 5.10 Å². The van der Waals surface area contributed by atoms with Crippen molar-refractivity contribution in [2.75, 3.05) is 25.7 Å².